The number of carbonyl (C=O) groups is 1. The molecule has 2 aromatic rings. The lowest BCUT2D eigenvalue weighted by atomic mass is 9.88. The third kappa shape index (κ3) is 2.42. The molecule has 1 aliphatic carbocycles. The molecule has 98 valence electrons. The van der Waals surface area contributed by atoms with E-state index >= 15 is 0 Å². The van der Waals surface area contributed by atoms with Crippen molar-refractivity contribution in [1.82, 2.24) is 0 Å². The van der Waals surface area contributed by atoms with Gasteiger partial charge in [-0.3, -0.25) is 4.79 Å². The molecule has 0 radical (unpaired) electrons. The summed E-state index contributed by atoms with van der Waals surface area (Å²) in [5, 5.41) is 2.50. The Kier molecular flexibility index (Phi) is 3.37. The quantitative estimate of drug-likeness (QED) is 0.773. The van der Waals surface area contributed by atoms with Gasteiger partial charge in [-0.25, -0.2) is 0 Å². The van der Waals surface area contributed by atoms with E-state index in [0.717, 1.165) is 24.8 Å². The summed E-state index contributed by atoms with van der Waals surface area (Å²) in [6.45, 7) is 2.23. The molecule has 0 aliphatic heterocycles. The van der Waals surface area contributed by atoms with Gasteiger partial charge in [-0.2, -0.15) is 0 Å². The predicted molar refractivity (Wildman–Crippen MR) is 79.8 cm³/mol. The molecule has 2 aromatic carbocycles. The van der Waals surface area contributed by atoms with Crippen molar-refractivity contribution in [2.45, 2.75) is 45.4 Å². The van der Waals surface area contributed by atoms with E-state index in [1.54, 1.807) is 0 Å². The summed E-state index contributed by atoms with van der Waals surface area (Å²) in [4.78, 5) is 11.9. The topological polar surface area (TPSA) is 17.1 Å². The molecule has 0 N–H and O–H groups in total. The number of hydrogen-bond donors (Lipinski definition) is 0. The van der Waals surface area contributed by atoms with E-state index in [9.17, 15) is 4.79 Å². The van der Waals surface area contributed by atoms with E-state index in [-0.39, 0.29) is 0 Å². The summed E-state index contributed by atoms with van der Waals surface area (Å²) in [7, 11) is 0. The Hall–Kier alpha value is -1.63. The molecule has 1 heteroatoms. The minimum absolute atomic E-state index is 0.318. The number of Topliss-reactive ketones (excluding diaryl/α,β-unsaturated/α-hetero) is 1. The van der Waals surface area contributed by atoms with Gasteiger partial charge in [-0.05, 0) is 53.6 Å². The normalized spacial score (nSPS) is 14.7. The van der Waals surface area contributed by atoms with Crippen LogP contribution in [0, 0.1) is 0 Å². The Bertz CT molecular complexity index is 625. The van der Waals surface area contributed by atoms with Crippen LogP contribution in [-0.2, 0) is 12.8 Å². The Morgan fingerprint density at radius 2 is 1.95 bits per heavy atom. The number of unbranched alkanes of at least 4 members (excludes halogenated alkanes) is 1. The predicted octanol–water partition coefficient (Wildman–Crippen LogP) is 4.70. The molecular formula is C18H20O. The minimum atomic E-state index is 0.318. The van der Waals surface area contributed by atoms with E-state index in [1.165, 1.54) is 34.7 Å². The molecule has 0 saturated heterocycles. The number of hydrogen-bond acceptors (Lipinski definition) is 1. The van der Waals surface area contributed by atoms with E-state index in [2.05, 4.69) is 37.3 Å². The molecule has 0 aromatic heterocycles. The molecule has 0 fully saturated rings. The molecule has 0 saturated carbocycles. The Labute approximate surface area is 114 Å². The summed E-state index contributed by atoms with van der Waals surface area (Å²) in [5.74, 6) is 0.318. The van der Waals surface area contributed by atoms with Crippen molar-refractivity contribution in [2.75, 3.05) is 0 Å². The highest BCUT2D eigenvalue weighted by Crippen LogP contribution is 2.27. The standard InChI is InChI=1S/C18H20O/c1-2-3-5-13-8-9-14-12-17-15(11-16(14)10-13)6-4-7-18(17)19/h8-12H,2-7H2,1H3. The number of aryl methyl sites for hydroxylation is 2. The van der Waals surface area contributed by atoms with Gasteiger partial charge in [0.25, 0.3) is 0 Å². The smallest absolute Gasteiger partial charge is 0.163 e. The molecule has 0 atom stereocenters. The maximum atomic E-state index is 11.9. The average Bonchev–Trinajstić information content (AvgIpc) is 2.43. The van der Waals surface area contributed by atoms with Crippen LogP contribution >= 0.6 is 0 Å². The third-order valence-corrected chi connectivity index (χ3v) is 4.10. The van der Waals surface area contributed by atoms with Gasteiger partial charge in [-0.15, -0.1) is 0 Å². The van der Waals surface area contributed by atoms with Gasteiger partial charge in [-0.1, -0.05) is 37.6 Å². The lowest BCUT2D eigenvalue weighted by Gasteiger charge is -2.16. The molecule has 3 rings (SSSR count). The van der Waals surface area contributed by atoms with E-state index in [0.29, 0.717) is 12.2 Å². The highest BCUT2D eigenvalue weighted by molar-refractivity contribution is 6.02. The summed E-state index contributed by atoms with van der Waals surface area (Å²) in [5.41, 5.74) is 3.62. The number of carbonyl (C=O) groups excluding carboxylic acids is 1. The average molecular weight is 252 g/mol. The second-order valence-corrected chi connectivity index (χ2v) is 5.57. The zero-order valence-corrected chi connectivity index (χ0v) is 11.5. The van der Waals surface area contributed by atoms with Crippen LogP contribution < -0.4 is 0 Å². The van der Waals surface area contributed by atoms with Gasteiger partial charge in [0, 0.05) is 12.0 Å². The lowest BCUT2D eigenvalue weighted by Crippen LogP contribution is -2.10. The van der Waals surface area contributed by atoms with E-state index in [1.807, 2.05) is 0 Å². The van der Waals surface area contributed by atoms with Crippen molar-refractivity contribution in [3.63, 3.8) is 0 Å². The zero-order chi connectivity index (χ0) is 13.2. The molecular weight excluding hydrogens is 232 g/mol. The van der Waals surface area contributed by atoms with Crippen LogP contribution in [0.4, 0.5) is 0 Å². The van der Waals surface area contributed by atoms with Gasteiger partial charge in [0.15, 0.2) is 5.78 Å². The fourth-order valence-corrected chi connectivity index (χ4v) is 2.97. The van der Waals surface area contributed by atoms with Crippen molar-refractivity contribution in [3.05, 3.63) is 47.0 Å². The van der Waals surface area contributed by atoms with Crippen LogP contribution in [0.15, 0.2) is 30.3 Å². The van der Waals surface area contributed by atoms with Crippen molar-refractivity contribution in [3.8, 4) is 0 Å². The molecule has 0 amide bonds. The maximum Gasteiger partial charge on any atom is 0.163 e. The van der Waals surface area contributed by atoms with Crippen molar-refractivity contribution < 1.29 is 4.79 Å². The summed E-state index contributed by atoms with van der Waals surface area (Å²) < 4.78 is 0. The minimum Gasteiger partial charge on any atom is -0.294 e. The second-order valence-electron chi connectivity index (χ2n) is 5.57. The first-order valence-corrected chi connectivity index (χ1v) is 7.36. The number of fused-ring (bicyclic) bond motifs is 2. The Morgan fingerprint density at radius 3 is 2.79 bits per heavy atom. The molecule has 0 heterocycles. The Morgan fingerprint density at radius 1 is 1.05 bits per heavy atom. The highest BCUT2D eigenvalue weighted by atomic mass is 16.1. The van der Waals surface area contributed by atoms with Crippen molar-refractivity contribution in [2.24, 2.45) is 0 Å². The zero-order valence-electron chi connectivity index (χ0n) is 11.5. The van der Waals surface area contributed by atoms with Crippen molar-refractivity contribution in [1.29, 1.82) is 0 Å². The van der Waals surface area contributed by atoms with Crippen LogP contribution in [0.25, 0.3) is 10.8 Å². The number of benzene rings is 2. The van der Waals surface area contributed by atoms with Gasteiger partial charge in [0.1, 0.15) is 0 Å². The highest BCUT2D eigenvalue weighted by Gasteiger charge is 2.17. The summed E-state index contributed by atoms with van der Waals surface area (Å²) >= 11 is 0. The van der Waals surface area contributed by atoms with Gasteiger partial charge in [0.2, 0.25) is 0 Å². The maximum absolute atomic E-state index is 11.9. The molecule has 1 nitrogen and oxygen atoms in total. The summed E-state index contributed by atoms with van der Waals surface area (Å²) in [6.07, 6.45) is 6.41. The summed E-state index contributed by atoms with van der Waals surface area (Å²) in [6, 6.07) is 11.0. The van der Waals surface area contributed by atoms with Crippen LogP contribution in [0.3, 0.4) is 0 Å². The SMILES string of the molecule is CCCCc1ccc2cc3c(cc2c1)CCCC3=O. The number of ketones is 1. The molecule has 1 aliphatic rings. The van der Waals surface area contributed by atoms with Gasteiger partial charge < -0.3 is 0 Å². The van der Waals surface area contributed by atoms with E-state index < -0.39 is 0 Å². The first-order chi connectivity index (χ1) is 9.28. The van der Waals surface area contributed by atoms with Crippen molar-refractivity contribution >= 4 is 16.6 Å². The van der Waals surface area contributed by atoms with E-state index in [4.69, 9.17) is 0 Å². The van der Waals surface area contributed by atoms with Crippen LogP contribution in [0.2, 0.25) is 0 Å². The Balaban J connectivity index is 2.04. The fourth-order valence-electron chi connectivity index (χ4n) is 2.97. The molecule has 0 spiro atoms. The molecule has 0 unspecified atom stereocenters. The van der Waals surface area contributed by atoms with Crippen LogP contribution in [-0.4, -0.2) is 5.78 Å². The molecule has 0 bridgehead atoms. The van der Waals surface area contributed by atoms with Crippen LogP contribution in [0.1, 0.15) is 54.1 Å². The first kappa shape index (κ1) is 12.4. The lowest BCUT2D eigenvalue weighted by molar-refractivity contribution is 0.0972. The first-order valence-electron chi connectivity index (χ1n) is 7.36. The third-order valence-electron chi connectivity index (χ3n) is 4.10. The largest absolute Gasteiger partial charge is 0.294 e. The fraction of sp³-hybridized carbons (Fsp3) is 0.389. The van der Waals surface area contributed by atoms with Gasteiger partial charge >= 0.3 is 0 Å². The monoisotopic (exact) mass is 252 g/mol. The second kappa shape index (κ2) is 5.16. The van der Waals surface area contributed by atoms with Crippen LogP contribution in [0.5, 0.6) is 0 Å². The molecule has 19 heavy (non-hydrogen) atoms. The van der Waals surface area contributed by atoms with Gasteiger partial charge in [0.05, 0.1) is 0 Å². The number of rotatable bonds is 3.